The van der Waals surface area contributed by atoms with Gasteiger partial charge in [-0.2, -0.15) is 4.98 Å². The molecule has 0 radical (unpaired) electrons. The van der Waals surface area contributed by atoms with Crippen LogP contribution in [0.1, 0.15) is 16.3 Å². The van der Waals surface area contributed by atoms with Crippen molar-refractivity contribution in [2.75, 3.05) is 5.73 Å². The molecule has 0 saturated carbocycles. The van der Waals surface area contributed by atoms with Crippen molar-refractivity contribution in [2.45, 2.75) is 6.54 Å². The summed E-state index contributed by atoms with van der Waals surface area (Å²) in [4.78, 5) is 15.1. The summed E-state index contributed by atoms with van der Waals surface area (Å²) < 4.78 is 8.75. The van der Waals surface area contributed by atoms with E-state index in [2.05, 4.69) is 34.9 Å². The van der Waals surface area contributed by atoms with Gasteiger partial charge in [0.25, 0.3) is 5.91 Å². The minimum absolute atomic E-state index is 0.0689. The summed E-state index contributed by atoms with van der Waals surface area (Å²) in [5, 5.41) is 12.6. The number of aromatic nitrogens is 4. The number of hydrogen-bond acceptors (Lipinski definition) is 8. The van der Waals surface area contributed by atoms with E-state index in [0.29, 0.717) is 5.82 Å². The molecule has 0 bridgehead atoms. The van der Waals surface area contributed by atoms with E-state index in [1.165, 1.54) is 0 Å². The van der Waals surface area contributed by atoms with Crippen LogP contribution < -0.4 is 11.1 Å². The minimum Gasteiger partial charge on any atom is -0.379 e. The van der Waals surface area contributed by atoms with E-state index in [0.717, 1.165) is 6.39 Å². The number of nitrogens with one attached hydrogen (secondary N) is 1. The lowest BCUT2D eigenvalue weighted by Gasteiger charge is -1.97. The van der Waals surface area contributed by atoms with Crippen LogP contribution in [0.25, 0.3) is 0 Å². The average Bonchev–Trinajstić information content (AvgIpc) is 2.84. The number of hydrogen-bond donors (Lipinski definition) is 2. The van der Waals surface area contributed by atoms with Gasteiger partial charge in [-0.05, 0) is 10.3 Å². The molecule has 2 heterocycles. The maximum atomic E-state index is 11.4. The second kappa shape index (κ2) is 3.74. The summed E-state index contributed by atoms with van der Waals surface area (Å²) in [6, 6.07) is 0. The monoisotopic (exact) mass is 210 g/mol. The first-order valence-corrected chi connectivity index (χ1v) is 3.89. The molecule has 0 aliphatic heterocycles. The minimum atomic E-state index is -0.515. The van der Waals surface area contributed by atoms with Gasteiger partial charge in [0.05, 0.1) is 6.54 Å². The Hall–Kier alpha value is -2.45. The van der Waals surface area contributed by atoms with Crippen LogP contribution in [0, 0.1) is 0 Å². The number of nitrogens with two attached hydrogens (primary N) is 1. The molecule has 15 heavy (non-hydrogen) atoms. The van der Waals surface area contributed by atoms with Gasteiger partial charge in [0, 0.05) is 0 Å². The van der Waals surface area contributed by atoms with Crippen molar-refractivity contribution in [3.8, 4) is 0 Å². The standard InChI is InChI=1S/C6H6N6O3/c7-5-4(11-15-12-5)6(13)8-1-3-9-2-14-10-3/h2H,1H2,(H2,7,12)(H,8,13). The second-order valence-electron chi connectivity index (χ2n) is 2.53. The number of amides is 1. The lowest BCUT2D eigenvalue weighted by molar-refractivity contribution is 0.0940. The summed E-state index contributed by atoms with van der Waals surface area (Å²) in [6.45, 7) is 0.113. The molecule has 78 valence electrons. The normalized spacial score (nSPS) is 10.1. The molecule has 9 nitrogen and oxygen atoms in total. The van der Waals surface area contributed by atoms with E-state index in [1.807, 2.05) is 0 Å². The predicted octanol–water partition coefficient (Wildman–Crippen LogP) is -1.04. The van der Waals surface area contributed by atoms with E-state index in [9.17, 15) is 4.79 Å². The number of anilines is 1. The van der Waals surface area contributed by atoms with Gasteiger partial charge in [-0.3, -0.25) is 4.79 Å². The lowest BCUT2D eigenvalue weighted by atomic mass is 10.4. The molecule has 0 atom stereocenters. The number of nitrogens with zero attached hydrogens (tertiary/aromatic N) is 4. The van der Waals surface area contributed by atoms with Gasteiger partial charge < -0.3 is 15.6 Å². The van der Waals surface area contributed by atoms with Crippen molar-refractivity contribution in [1.82, 2.24) is 25.8 Å². The van der Waals surface area contributed by atoms with Crippen LogP contribution in [-0.2, 0) is 6.54 Å². The van der Waals surface area contributed by atoms with Crippen molar-refractivity contribution in [3.05, 3.63) is 17.9 Å². The van der Waals surface area contributed by atoms with E-state index < -0.39 is 5.91 Å². The number of rotatable bonds is 3. The van der Waals surface area contributed by atoms with Gasteiger partial charge >= 0.3 is 0 Å². The average molecular weight is 210 g/mol. The lowest BCUT2D eigenvalue weighted by Crippen LogP contribution is -2.24. The molecule has 0 aliphatic rings. The first-order valence-electron chi connectivity index (χ1n) is 3.89. The van der Waals surface area contributed by atoms with E-state index >= 15 is 0 Å². The Morgan fingerprint density at radius 3 is 2.93 bits per heavy atom. The zero-order chi connectivity index (χ0) is 10.7. The molecule has 3 N–H and O–H groups in total. The van der Waals surface area contributed by atoms with E-state index in [1.54, 1.807) is 0 Å². The third-order valence-electron chi connectivity index (χ3n) is 1.54. The Kier molecular flexibility index (Phi) is 2.27. The van der Waals surface area contributed by atoms with Crippen LogP contribution in [-0.4, -0.2) is 26.4 Å². The highest BCUT2D eigenvalue weighted by Crippen LogP contribution is 2.03. The van der Waals surface area contributed by atoms with Gasteiger partial charge in [0.15, 0.2) is 5.82 Å². The van der Waals surface area contributed by atoms with E-state index in [4.69, 9.17) is 5.73 Å². The fourth-order valence-corrected chi connectivity index (χ4v) is 0.866. The van der Waals surface area contributed by atoms with Crippen molar-refractivity contribution in [1.29, 1.82) is 0 Å². The van der Waals surface area contributed by atoms with Crippen LogP contribution in [0.2, 0.25) is 0 Å². The smallest absolute Gasteiger partial charge is 0.277 e. The molecule has 2 rings (SSSR count). The molecule has 2 aromatic heterocycles. The molecule has 9 heteroatoms. The molecular formula is C6H6N6O3. The van der Waals surface area contributed by atoms with Gasteiger partial charge in [-0.1, -0.05) is 5.16 Å². The third-order valence-corrected chi connectivity index (χ3v) is 1.54. The highest BCUT2D eigenvalue weighted by Gasteiger charge is 2.15. The summed E-state index contributed by atoms with van der Waals surface area (Å²) in [7, 11) is 0. The van der Waals surface area contributed by atoms with Gasteiger partial charge in [0.1, 0.15) is 0 Å². The van der Waals surface area contributed by atoms with E-state index in [-0.39, 0.29) is 18.1 Å². The first-order chi connectivity index (χ1) is 7.27. The maximum absolute atomic E-state index is 11.4. The Balaban J connectivity index is 1.96. The molecule has 1 amide bonds. The zero-order valence-corrected chi connectivity index (χ0v) is 7.38. The summed E-state index contributed by atoms with van der Waals surface area (Å²) in [6.07, 6.45) is 1.16. The summed E-state index contributed by atoms with van der Waals surface area (Å²) in [5.74, 6) is -0.238. The highest BCUT2D eigenvalue weighted by molar-refractivity contribution is 5.95. The highest BCUT2D eigenvalue weighted by atomic mass is 16.6. The van der Waals surface area contributed by atoms with Crippen molar-refractivity contribution in [2.24, 2.45) is 0 Å². The Bertz CT molecular complexity index is 449. The summed E-state index contributed by atoms with van der Waals surface area (Å²) in [5.41, 5.74) is 5.24. The molecule has 0 spiro atoms. The SMILES string of the molecule is Nc1nonc1C(=O)NCc1ncon1. The molecule has 0 aliphatic carbocycles. The quantitative estimate of drug-likeness (QED) is 0.656. The Morgan fingerprint density at radius 1 is 1.47 bits per heavy atom. The Morgan fingerprint density at radius 2 is 2.33 bits per heavy atom. The van der Waals surface area contributed by atoms with Crippen molar-refractivity contribution < 1.29 is 13.9 Å². The fraction of sp³-hybridized carbons (Fsp3) is 0.167. The van der Waals surface area contributed by atoms with Crippen LogP contribution in [0.5, 0.6) is 0 Å². The van der Waals surface area contributed by atoms with Crippen LogP contribution in [0.15, 0.2) is 15.5 Å². The van der Waals surface area contributed by atoms with Gasteiger partial charge in [-0.15, -0.1) is 0 Å². The van der Waals surface area contributed by atoms with Crippen molar-refractivity contribution >= 4 is 11.7 Å². The number of nitrogen functional groups attached to an aromatic ring is 1. The van der Waals surface area contributed by atoms with Crippen LogP contribution in [0.4, 0.5) is 5.82 Å². The zero-order valence-electron chi connectivity index (χ0n) is 7.38. The third kappa shape index (κ3) is 1.90. The number of carbonyl (C=O) groups excluding carboxylic acids is 1. The van der Waals surface area contributed by atoms with Crippen molar-refractivity contribution in [3.63, 3.8) is 0 Å². The Labute approximate surface area is 82.6 Å². The topological polar surface area (TPSA) is 133 Å². The molecule has 0 fully saturated rings. The predicted molar refractivity (Wildman–Crippen MR) is 44.2 cm³/mol. The second-order valence-corrected chi connectivity index (χ2v) is 2.53. The molecule has 0 aromatic carbocycles. The molecule has 0 unspecified atom stereocenters. The van der Waals surface area contributed by atoms with Crippen LogP contribution >= 0.6 is 0 Å². The first kappa shape index (κ1) is 9.12. The molecular weight excluding hydrogens is 204 g/mol. The largest absolute Gasteiger partial charge is 0.379 e. The number of carbonyl (C=O) groups is 1. The fourth-order valence-electron chi connectivity index (χ4n) is 0.866. The van der Waals surface area contributed by atoms with Gasteiger partial charge in [-0.25, -0.2) is 4.63 Å². The summed E-state index contributed by atoms with van der Waals surface area (Å²) >= 11 is 0. The van der Waals surface area contributed by atoms with Crippen LogP contribution in [0.3, 0.4) is 0 Å². The molecule has 2 aromatic rings. The van der Waals surface area contributed by atoms with Gasteiger partial charge in [0.2, 0.25) is 17.9 Å². The maximum Gasteiger partial charge on any atom is 0.277 e. The molecule has 0 saturated heterocycles.